The summed E-state index contributed by atoms with van der Waals surface area (Å²) in [6.07, 6.45) is 0.975. The molecule has 8 heteroatoms. The van der Waals surface area contributed by atoms with Gasteiger partial charge in [0.05, 0.1) is 11.7 Å². The normalized spacial score (nSPS) is 18.5. The van der Waals surface area contributed by atoms with Crippen LogP contribution in [0.4, 0.5) is 13.2 Å². The fraction of sp³-hybridized carbons (Fsp3) is 0.421. The third-order valence-corrected chi connectivity index (χ3v) is 5.08. The average Bonchev–Trinajstić information content (AvgIpc) is 3.21. The highest BCUT2D eigenvalue weighted by Gasteiger charge is 2.36. The maximum absolute atomic E-state index is 13.4. The lowest BCUT2D eigenvalue weighted by Gasteiger charge is -2.23. The molecule has 1 saturated heterocycles. The second-order valence-electron chi connectivity index (χ2n) is 7.05. The fourth-order valence-electron chi connectivity index (χ4n) is 3.73. The van der Waals surface area contributed by atoms with Crippen LogP contribution in [-0.2, 0) is 12.7 Å². The molecule has 4 rings (SSSR count). The Morgan fingerprint density at radius 1 is 1.22 bits per heavy atom. The van der Waals surface area contributed by atoms with Crippen molar-refractivity contribution in [1.82, 2.24) is 24.5 Å². The molecule has 3 aromatic rings. The summed E-state index contributed by atoms with van der Waals surface area (Å²) in [5.74, 6) is 0. The van der Waals surface area contributed by atoms with Gasteiger partial charge < -0.3 is 0 Å². The Bertz CT molecular complexity index is 979. The molecule has 0 N–H and O–H groups in total. The Balaban J connectivity index is 1.70. The highest BCUT2D eigenvalue weighted by atomic mass is 19.4. The molecular weight excluding hydrogens is 355 g/mol. The number of hydrogen-bond acceptors (Lipinski definition) is 4. The van der Waals surface area contributed by atoms with Crippen molar-refractivity contribution in [3.63, 3.8) is 0 Å². The molecule has 1 aliphatic rings. The summed E-state index contributed by atoms with van der Waals surface area (Å²) in [5, 5.41) is 4.30. The van der Waals surface area contributed by atoms with Gasteiger partial charge in [0.1, 0.15) is 5.69 Å². The van der Waals surface area contributed by atoms with Crippen LogP contribution >= 0.6 is 0 Å². The lowest BCUT2D eigenvalue weighted by Crippen LogP contribution is -2.23. The summed E-state index contributed by atoms with van der Waals surface area (Å²) >= 11 is 0. The smallest absolute Gasteiger partial charge is 0.290 e. The monoisotopic (exact) mass is 375 g/mol. The number of hydrogen-bond donors (Lipinski definition) is 0. The molecule has 1 unspecified atom stereocenters. The second kappa shape index (κ2) is 6.60. The molecule has 0 aliphatic carbocycles. The van der Waals surface area contributed by atoms with Gasteiger partial charge in [0, 0.05) is 30.7 Å². The number of alkyl halides is 3. The molecule has 27 heavy (non-hydrogen) atoms. The van der Waals surface area contributed by atoms with Crippen LogP contribution in [0.1, 0.15) is 47.1 Å². The van der Waals surface area contributed by atoms with Crippen molar-refractivity contribution < 1.29 is 13.2 Å². The fourth-order valence-corrected chi connectivity index (χ4v) is 3.73. The predicted molar refractivity (Wildman–Crippen MR) is 94.1 cm³/mol. The summed E-state index contributed by atoms with van der Waals surface area (Å²) in [7, 11) is 0. The molecule has 0 amide bonds. The van der Waals surface area contributed by atoms with Gasteiger partial charge in [-0.15, -0.1) is 0 Å². The van der Waals surface area contributed by atoms with Crippen molar-refractivity contribution in [3.05, 3.63) is 58.8 Å². The van der Waals surface area contributed by atoms with E-state index >= 15 is 0 Å². The molecule has 4 heterocycles. The van der Waals surface area contributed by atoms with Crippen molar-refractivity contribution >= 4 is 5.65 Å². The van der Waals surface area contributed by atoms with Crippen LogP contribution in [0.3, 0.4) is 0 Å². The first-order valence-corrected chi connectivity index (χ1v) is 8.91. The zero-order chi connectivity index (χ0) is 19.2. The number of aryl methyl sites for hydroxylation is 2. The zero-order valence-electron chi connectivity index (χ0n) is 15.2. The zero-order valence-corrected chi connectivity index (χ0v) is 15.2. The number of pyridine rings is 1. The molecule has 0 saturated carbocycles. The van der Waals surface area contributed by atoms with Gasteiger partial charge in [0.15, 0.2) is 5.65 Å². The van der Waals surface area contributed by atoms with Crippen molar-refractivity contribution in [2.45, 2.75) is 45.5 Å². The third-order valence-electron chi connectivity index (χ3n) is 5.08. The lowest BCUT2D eigenvalue weighted by atomic mass is 10.1. The van der Waals surface area contributed by atoms with Crippen molar-refractivity contribution in [2.75, 3.05) is 6.54 Å². The molecule has 5 nitrogen and oxygen atoms in total. The van der Waals surface area contributed by atoms with E-state index in [9.17, 15) is 13.2 Å². The molecule has 3 aromatic heterocycles. The molecule has 1 fully saturated rings. The number of nitrogens with zero attached hydrogens (tertiary/aromatic N) is 5. The highest BCUT2D eigenvalue weighted by molar-refractivity contribution is 5.43. The lowest BCUT2D eigenvalue weighted by molar-refractivity contribution is -0.142. The van der Waals surface area contributed by atoms with Crippen molar-refractivity contribution in [1.29, 1.82) is 0 Å². The first-order chi connectivity index (χ1) is 12.8. The molecule has 1 aliphatic heterocycles. The Labute approximate surface area is 154 Å². The SMILES string of the molecule is Cc1cc(C(F)(F)F)n2nc(C3CCCN3Cc3ccncc3C)cc2n1. The molecule has 0 radical (unpaired) electrons. The van der Waals surface area contributed by atoms with E-state index in [1.807, 2.05) is 19.2 Å². The van der Waals surface area contributed by atoms with Crippen LogP contribution in [0.2, 0.25) is 0 Å². The van der Waals surface area contributed by atoms with Crippen LogP contribution in [0.25, 0.3) is 5.65 Å². The van der Waals surface area contributed by atoms with E-state index in [1.165, 1.54) is 5.56 Å². The quantitative estimate of drug-likeness (QED) is 0.692. The van der Waals surface area contributed by atoms with Crippen molar-refractivity contribution in [3.8, 4) is 0 Å². The second-order valence-corrected chi connectivity index (χ2v) is 7.05. The maximum atomic E-state index is 13.4. The van der Waals surface area contributed by atoms with Gasteiger partial charge in [-0.2, -0.15) is 18.3 Å². The largest absolute Gasteiger partial charge is 0.433 e. The first kappa shape index (κ1) is 17.9. The molecular formula is C19H20F3N5. The molecule has 0 spiro atoms. The summed E-state index contributed by atoms with van der Waals surface area (Å²) in [5.41, 5.74) is 2.70. The molecule has 142 valence electrons. The van der Waals surface area contributed by atoms with Gasteiger partial charge in [0.2, 0.25) is 0 Å². The van der Waals surface area contributed by atoms with Crippen molar-refractivity contribution in [2.24, 2.45) is 0 Å². The number of halogens is 3. The van der Waals surface area contributed by atoms with Gasteiger partial charge >= 0.3 is 6.18 Å². The minimum absolute atomic E-state index is 0.0133. The van der Waals surface area contributed by atoms with E-state index in [4.69, 9.17) is 0 Å². The summed E-state index contributed by atoms with van der Waals surface area (Å²) in [6.45, 7) is 5.20. The van der Waals surface area contributed by atoms with E-state index in [0.29, 0.717) is 11.4 Å². The Hall–Kier alpha value is -2.48. The Kier molecular flexibility index (Phi) is 4.38. The van der Waals surface area contributed by atoms with Gasteiger partial charge in [-0.05, 0) is 56.5 Å². The minimum Gasteiger partial charge on any atom is -0.290 e. The number of rotatable bonds is 3. The highest BCUT2D eigenvalue weighted by Crippen LogP contribution is 2.35. The van der Waals surface area contributed by atoms with E-state index in [2.05, 4.69) is 20.0 Å². The summed E-state index contributed by atoms with van der Waals surface area (Å²) in [6, 6.07) is 4.70. The Morgan fingerprint density at radius 2 is 2.04 bits per heavy atom. The van der Waals surface area contributed by atoms with E-state index in [-0.39, 0.29) is 11.7 Å². The number of fused-ring (bicyclic) bond motifs is 1. The predicted octanol–water partition coefficient (Wildman–Crippen LogP) is 4.10. The van der Waals surface area contributed by atoms with Gasteiger partial charge in [-0.25, -0.2) is 9.50 Å². The van der Waals surface area contributed by atoms with Crippen LogP contribution in [0.15, 0.2) is 30.6 Å². The first-order valence-electron chi connectivity index (χ1n) is 8.91. The molecule has 1 atom stereocenters. The van der Waals surface area contributed by atoms with Crippen LogP contribution in [0.5, 0.6) is 0 Å². The molecule has 0 bridgehead atoms. The van der Waals surface area contributed by atoms with Crippen LogP contribution in [-0.4, -0.2) is 31.0 Å². The standard InChI is InChI=1S/C19H20F3N5/c1-12-10-23-6-5-14(12)11-26-7-3-4-16(26)15-9-18-24-13(2)8-17(19(20,21)22)27(18)25-15/h5-6,8-10,16H,3-4,7,11H2,1-2H3. The third kappa shape index (κ3) is 3.41. The average molecular weight is 375 g/mol. The van der Waals surface area contributed by atoms with Gasteiger partial charge in [0.25, 0.3) is 0 Å². The minimum atomic E-state index is -4.47. The van der Waals surface area contributed by atoms with Crippen LogP contribution in [0, 0.1) is 13.8 Å². The van der Waals surface area contributed by atoms with E-state index in [1.54, 1.807) is 19.2 Å². The topological polar surface area (TPSA) is 46.3 Å². The molecule has 0 aromatic carbocycles. The summed E-state index contributed by atoms with van der Waals surface area (Å²) in [4.78, 5) is 10.6. The Morgan fingerprint density at radius 3 is 2.78 bits per heavy atom. The number of aromatic nitrogens is 4. The van der Waals surface area contributed by atoms with Crippen LogP contribution < -0.4 is 0 Å². The van der Waals surface area contributed by atoms with E-state index < -0.39 is 11.9 Å². The van der Waals surface area contributed by atoms with Gasteiger partial charge in [-0.1, -0.05) is 0 Å². The van der Waals surface area contributed by atoms with E-state index in [0.717, 1.165) is 42.1 Å². The summed E-state index contributed by atoms with van der Waals surface area (Å²) < 4.78 is 41.1. The maximum Gasteiger partial charge on any atom is 0.433 e. The number of likely N-dealkylation sites (tertiary alicyclic amines) is 1. The van der Waals surface area contributed by atoms with Gasteiger partial charge in [-0.3, -0.25) is 9.88 Å².